The van der Waals surface area contributed by atoms with Crippen molar-refractivity contribution in [1.82, 2.24) is 9.55 Å². The number of carbonyl (C=O) groups is 1. The van der Waals surface area contributed by atoms with Crippen LogP contribution in [0.4, 0.5) is 0 Å². The van der Waals surface area contributed by atoms with Gasteiger partial charge in [0.25, 0.3) is 0 Å². The van der Waals surface area contributed by atoms with Crippen molar-refractivity contribution in [3.8, 4) is 0 Å². The number of fused-ring (bicyclic) bond motifs is 1. The van der Waals surface area contributed by atoms with Crippen LogP contribution in [0, 0.1) is 12.8 Å². The van der Waals surface area contributed by atoms with Crippen LogP contribution in [-0.2, 0) is 11.3 Å². The van der Waals surface area contributed by atoms with Crippen molar-refractivity contribution < 1.29 is 14.6 Å². The van der Waals surface area contributed by atoms with Gasteiger partial charge in [0.05, 0.1) is 16.6 Å². The van der Waals surface area contributed by atoms with Crippen LogP contribution in [0.15, 0.2) is 18.2 Å². The summed E-state index contributed by atoms with van der Waals surface area (Å²) in [6, 6.07) is 5.25. The molecule has 5 nitrogen and oxygen atoms in total. The Bertz CT molecular complexity index is 642. The van der Waals surface area contributed by atoms with Gasteiger partial charge in [-0.15, -0.1) is 0 Å². The minimum absolute atomic E-state index is 0.325. The van der Waals surface area contributed by atoms with E-state index in [0.29, 0.717) is 11.5 Å². The number of aromatic carboxylic acids is 1. The third kappa shape index (κ3) is 2.29. The monoisotopic (exact) mass is 274 g/mol. The van der Waals surface area contributed by atoms with E-state index in [1.165, 1.54) is 0 Å². The van der Waals surface area contributed by atoms with Gasteiger partial charge in [0.1, 0.15) is 5.82 Å². The van der Waals surface area contributed by atoms with Crippen molar-refractivity contribution in [2.75, 3.05) is 13.2 Å². The lowest BCUT2D eigenvalue weighted by molar-refractivity contribution is 0.0698. The van der Waals surface area contributed by atoms with Crippen molar-refractivity contribution in [3.63, 3.8) is 0 Å². The van der Waals surface area contributed by atoms with Crippen LogP contribution in [0.25, 0.3) is 11.0 Å². The highest BCUT2D eigenvalue weighted by atomic mass is 16.5. The zero-order valence-corrected chi connectivity index (χ0v) is 11.5. The summed E-state index contributed by atoms with van der Waals surface area (Å²) in [5.74, 6) is 0.539. The zero-order chi connectivity index (χ0) is 14.1. The molecule has 2 aromatic rings. The minimum atomic E-state index is -0.902. The number of aromatic nitrogens is 2. The summed E-state index contributed by atoms with van der Waals surface area (Å²) >= 11 is 0. The third-order valence-electron chi connectivity index (χ3n) is 3.97. The molecule has 1 aliphatic heterocycles. The van der Waals surface area contributed by atoms with E-state index in [2.05, 4.69) is 4.98 Å². The lowest BCUT2D eigenvalue weighted by atomic mass is 10.1. The van der Waals surface area contributed by atoms with Gasteiger partial charge in [-0.05, 0) is 37.8 Å². The van der Waals surface area contributed by atoms with E-state index < -0.39 is 5.97 Å². The van der Waals surface area contributed by atoms with E-state index in [-0.39, 0.29) is 0 Å². The molecule has 20 heavy (non-hydrogen) atoms. The van der Waals surface area contributed by atoms with Crippen LogP contribution in [0.5, 0.6) is 0 Å². The number of rotatable bonds is 4. The van der Waals surface area contributed by atoms with Crippen molar-refractivity contribution >= 4 is 17.0 Å². The lowest BCUT2D eigenvalue weighted by Crippen LogP contribution is -2.09. The minimum Gasteiger partial charge on any atom is -0.478 e. The Morgan fingerprint density at radius 1 is 1.55 bits per heavy atom. The zero-order valence-electron chi connectivity index (χ0n) is 11.5. The predicted octanol–water partition coefficient (Wildman–Crippen LogP) is 2.47. The summed E-state index contributed by atoms with van der Waals surface area (Å²) in [5, 5.41) is 9.34. The molecule has 0 bridgehead atoms. The Labute approximate surface area is 117 Å². The highest BCUT2D eigenvalue weighted by Crippen LogP contribution is 2.23. The second-order valence-corrected chi connectivity index (χ2v) is 5.31. The second kappa shape index (κ2) is 5.25. The van der Waals surface area contributed by atoms with E-state index in [9.17, 15) is 9.90 Å². The third-order valence-corrected chi connectivity index (χ3v) is 3.97. The van der Waals surface area contributed by atoms with Gasteiger partial charge in [0.2, 0.25) is 0 Å². The normalized spacial score (nSPS) is 18.8. The van der Waals surface area contributed by atoms with Gasteiger partial charge in [0.15, 0.2) is 0 Å². The molecular weight excluding hydrogens is 256 g/mol. The molecule has 0 radical (unpaired) electrons. The predicted molar refractivity (Wildman–Crippen MR) is 75.0 cm³/mol. The van der Waals surface area contributed by atoms with Gasteiger partial charge in [-0.3, -0.25) is 0 Å². The number of para-hydroxylation sites is 1. The molecule has 0 amide bonds. The first-order chi connectivity index (χ1) is 9.66. The number of imidazole rings is 1. The van der Waals surface area contributed by atoms with Gasteiger partial charge in [0, 0.05) is 19.8 Å². The van der Waals surface area contributed by atoms with E-state index in [0.717, 1.165) is 49.5 Å². The molecular formula is C15H18N2O3. The first-order valence-corrected chi connectivity index (χ1v) is 6.93. The standard InChI is InChI=1S/C15H18N2O3/c1-10-16-13-4-2-3-12(15(18)19)14(13)17(10)7-5-11-6-8-20-9-11/h2-4,11H,5-9H2,1H3,(H,18,19). The lowest BCUT2D eigenvalue weighted by Gasteiger charge is -2.11. The quantitative estimate of drug-likeness (QED) is 0.930. The summed E-state index contributed by atoms with van der Waals surface area (Å²) in [5.41, 5.74) is 1.81. The number of benzene rings is 1. The summed E-state index contributed by atoms with van der Waals surface area (Å²) in [4.78, 5) is 15.8. The highest BCUT2D eigenvalue weighted by Gasteiger charge is 2.19. The maximum Gasteiger partial charge on any atom is 0.337 e. The van der Waals surface area contributed by atoms with Crippen molar-refractivity contribution in [2.45, 2.75) is 26.3 Å². The largest absolute Gasteiger partial charge is 0.478 e. The summed E-state index contributed by atoms with van der Waals surface area (Å²) in [6.07, 6.45) is 2.09. The van der Waals surface area contributed by atoms with E-state index in [1.54, 1.807) is 12.1 Å². The van der Waals surface area contributed by atoms with Crippen molar-refractivity contribution in [3.05, 3.63) is 29.6 Å². The molecule has 1 aromatic heterocycles. The van der Waals surface area contributed by atoms with Crippen LogP contribution in [0.2, 0.25) is 0 Å². The van der Waals surface area contributed by atoms with Gasteiger partial charge < -0.3 is 14.4 Å². The van der Waals surface area contributed by atoms with Gasteiger partial charge in [-0.25, -0.2) is 9.78 Å². The van der Waals surface area contributed by atoms with Crippen LogP contribution < -0.4 is 0 Å². The van der Waals surface area contributed by atoms with Crippen LogP contribution >= 0.6 is 0 Å². The summed E-state index contributed by atoms with van der Waals surface area (Å²) in [6.45, 7) is 4.38. The van der Waals surface area contributed by atoms with Crippen molar-refractivity contribution in [2.24, 2.45) is 5.92 Å². The van der Waals surface area contributed by atoms with Gasteiger partial charge in [-0.2, -0.15) is 0 Å². The molecule has 1 N–H and O–H groups in total. The molecule has 0 saturated carbocycles. The molecule has 5 heteroatoms. The van der Waals surface area contributed by atoms with Crippen molar-refractivity contribution in [1.29, 1.82) is 0 Å². The maximum atomic E-state index is 11.4. The Morgan fingerprint density at radius 3 is 3.10 bits per heavy atom. The molecule has 1 saturated heterocycles. The molecule has 1 unspecified atom stereocenters. The van der Waals surface area contributed by atoms with Crippen LogP contribution in [0.3, 0.4) is 0 Å². The molecule has 2 heterocycles. The number of hydrogen-bond acceptors (Lipinski definition) is 3. The number of ether oxygens (including phenoxy) is 1. The van der Waals surface area contributed by atoms with E-state index >= 15 is 0 Å². The summed E-state index contributed by atoms with van der Waals surface area (Å²) in [7, 11) is 0. The maximum absolute atomic E-state index is 11.4. The number of carboxylic acid groups (broad SMARTS) is 1. The first-order valence-electron chi connectivity index (χ1n) is 6.93. The SMILES string of the molecule is Cc1nc2cccc(C(=O)O)c2n1CCC1CCOC1. The molecule has 1 atom stereocenters. The molecule has 1 aliphatic rings. The number of carboxylic acids is 1. The Hall–Kier alpha value is -1.88. The Balaban J connectivity index is 1.95. The summed E-state index contributed by atoms with van der Waals surface area (Å²) < 4.78 is 7.41. The average molecular weight is 274 g/mol. The smallest absolute Gasteiger partial charge is 0.337 e. The van der Waals surface area contributed by atoms with Gasteiger partial charge in [-0.1, -0.05) is 6.07 Å². The van der Waals surface area contributed by atoms with Crippen LogP contribution in [0.1, 0.15) is 29.0 Å². The van der Waals surface area contributed by atoms with Gasteiger partial charge >= 0.3 is 5.97 Å². The highest BCUT2D eigenvalue weighted by molar-refractivity contribution is 6.01. The fourth-order valence-corrected chi connectivity index (χ4v) is 2.87. The second-order valence-electron chi connectivity index (χ2n) is 5.31. The average Bonchev–Trinajstić information content (AvgIpc) is 3.02. The molecule has 0 aliphatic carbocycles. The number of aryl methyl sites for hydroxylation is 2. The number of hydrogen-bond donors (Lipinski definition) is 1. The fourth-order valence-electron chi connectivity index (χ4n) is 2.87. The van der Waals surface area contributed by atoms with E-state index in [1.807, 2.05) is 17.6 Å². The molecule has 106 valence electrons. The van der Waals surface area contributed by atoms with Crippen LogP contribution in [-0.4, -0.2) is 33.8 Å². The molecule has 1 fully saturated rings. The topological polar surface area (TPSA) is 64.3 Å². The molecule has 0 spiro atoms. The fraction of sp³-hybridized carbons (Fsp3) is 0.467. The first kappa shape index (κ1) is 13.1. The molecule has 1 aromatic carbocycles. The Morgan fingerprint density at radius 2 is 2.40 bits per heavy atom. The molecule has 3 rings (SSSR count). The Kier molecular flexibility index (Phi) is 3.44. The van der Waals surface area contributed by atoms with E-state index in [4.69, 9.17) is 4.74 Å². The number of nitrogens with zero attached hydrogens (tertiary/aromatic N) is 2.